The second kappa shape index (κ2) is 7.15. The maximum absolute atomic E-state index is 12.9. The second-order valence-electron chi connectivity index (χ2n) is 6.95. The maximum atomic E-state index is 12.9. The molecule has 136 valence electrons. The number of carbonyl (C=O) groups is 3. The number of imide groups is 1. The molecule has 0 unspecified atom stereocenters. The van der Waals surface area contributed by atoms with Crippen molar-refractivity contribution in [3.63, 3.8) is 0 Å². The smallest absolute Gasteiger partial charge is 0.325 e. The van der Waals surface area contributed by atoms with Gasteiger partial charge in [-0.25, -0.2) is 4.79 Å². The molecule has 1 saturated heterocycles. The Kier molecular flexibility index (Phi) is 5.56. The van der Waals surface area contributed by atoms with Gasteiger partial charge in [-0.1, -0.05) is 28.1 Å². The minimum Gasteiger partial charge on any atom is -0.336 e. The summed E-state index contributed by atoms with van der Waals surface area (Å²) in [4.78, 5) is 40.6. The molecule has 0 bridgehead atoms. The molecule has 1 fully saturated rings. The zero-order chi connectivity index (χ0) is 18.9. The molecular weight excluding hydrogens is 386 g/mol. The third kappa shape index (κ3) is 3.71. The van der Waals surface area contributed by atoms with E-state index in [-0.39, 0.29) is 24.5 Å². The molecule has 0 spiro atoms. The Hall–Kier alpha value is -1.89. The van der Waals surface area contributed by atoms with Crippen molar-refractivity contribution in [1.29, 1.82) is 0 Å². The van der Waals surface area contributed by atoms with Gasteiger partial charge in [0.2, 0.25) is 5.91 Å². The Balaban J connectivity index is 2.25. The minimum atomic E-state index is -1.18. The third-order valence-corrected chi connectivity index (χ3v) is 4.86. The second-order valence-corrected chi connectivity index (χ2v) is 7.86. The third-order valence-electron chi connectivity index (χ3n) is 4.37. The van der Waals surface area contributed by atoms with Gasteiger partial charge < -0.3 is 10.2 Å². The van der Waals surface area contributed by atoms with Crippen molar-refractivity contribution >= 4 is 33.8 Å². The van der Waals surface area contributed by atoms with E-state index >= 15 is 0 Å². The highest BCUT2D eigenvalue weighted by Crippen LogP contribution is 2.30. The molecule has 1 aliphatic heterocycles. The van der Waals surface area contributed by atoms with Gasteiger partial charge in [0.05, 0.1) is 0 Å². The first-order valence-electron chi connectivity index (χ1n) is 8.29. The number of carbonyl (C=O) groups excluding carboxylic acids is 3. The van der Waals surface area contributed by atoms with Crippen LogP contribution < -0.4 is 5.32 Å². The summed E-state index contributed by atoms with van der Waals surface area (Å²) in [5.74, 6) is -0.664. The molecule has 1 aromatic rings. The van der Waals surface area contributed by atoms with Gasteiger partial charge in [-0.2, -0.15) is 0 Å². The Morgan fingerprint density at radius 3 is 2.36 bits per heavy atom. The maximum Gasteiger partial charge on any atom is 0.325 e. The highest BCUT2D eigenvalue weighted by atomic mass is 79.9. The van der Waals surface area contributed by atoms with Crippen molar-refractivity contribution < 1.29 is 14.4 Å². The van der Waals surface area contributed by atoms with Crippen LogP contribution in [0.2, 0.25) is 0 Å². The van der Waals surface area contributed by atoms with Crippen LogP contribution in [0.25, 0.3) is 0 Å². The first-order valence-corrected chi connectivity index (χ1v) is 9.08. The first kappa shape index (κ1) is 19.4. The molecule has 0 saturated carbocycles. The van der Waals surface area contributed by atoms with Gasteiger partial charge in [-0.05, 0) is 52.3 Å². The largest absolute Gasteiger partial charge is 0.336 e. The summed E-state index contributed by atoms with van der Waals surface area (Å²) in [6.07, 6.45) is 0. The van der Waals surface area contributed by atoms with Gasteiger partial charge in [0.15, 0.2) is 0 Å². The molecule has 1 heterocycles. The van der Waals surface area contributed by atoms with E-state index in [2.05, 4.69) is 21.2 Å². The fourth-order valence-electron chi connectivity index (χ4n) is 3.22. The fraction of sp³-hybridized carbons (Fsp3) is 0.500. The number of urea groups is 1. The molecule has 2 rings (SSSR count). The van der Waals surface area contributed by atoms with E-state index in [4.69, 9.17) is 0 Å². The number of benzene rings is 1. The summed E-state index contributed by atoms with van der Waals surface area (Å²) in [7, 11) is 0. The van der Waals surface area contributed by atoms with Gasteiger partial charge in [0, 0.05) is 16.6 Å². The summed E-state index contributed by atoms with van der Waals surface area (Å²) < 4.78 is 0.814. The van der Waals surface area contributed by atoms with Crippen LogP contribution in [0, 0.1) is 0 Å². The topological polar surface area (TPSA) is 69.7 Å². The van der Waals surface area contributed by atoms with E-state index in [9.17, 15) is 14.4 Å². The van der Waals surface area contributed by atoms with E-state index in [1.54, 1.807) is 30.0 Å². The molecule has 1 N–H and O–H groups in total. The lowest BCUT2D eigenvalue weighted by molar-refractivity contribution is -0.141. The van der Waals surface area contributed by atoms with Gasteiger partial charge in [-0.15, -0.1) is 0 Å². The Labute approximate surface area is 156 Å². The predicted molar refractivity (Wildman–Crippen MR) is 98.9 cm³/mol. The monoisotopic (exact) mass is 409 g/mol. The lowest BCUT2D eigenvalue weighted by atomic mass is 9.92. The summed E-state index contributed by atoms with van der Waals surface area (Å²) >= 11 is 3.38. The number of rotatable bonds is 5. The zero-order valence-corrected chi connectivity index (χ0v) is 16.8. The van der Waals surface area contributed by atoms with Crippen molar-refractivity contribution in [2.45, 2.75) is 52.2 Å². The number of halogens is 1. The SMILES string of the molecule is CC(C)N(C(=O)CN1C(=O)N[C@](C)(c2cccc(Br)c2)C1=O)C(C)C. The number of nitrogens with one attached hydrogen (secondary N) is 1. The lowest BCUT2D eigenvalue weighted by Gasteiger charge is -2.32. The van der Waals surface area contributed by atoms with E-state index in [0.717, 1.165) is 9.37 Å². The Morgan fingerprint density at radius 2 is 1.84 bits per heavy atom. The van der Waals surface area contributed by atoms with Gasteiger partial charge in [0.25, 0.3) is 5.91 Å². The minimum absolute atomic E-state index is 0.00951. The Morgan fingerprint density at radius 1 is 1.24 bits per heavy atom. The number of hydrogen-bond acceptors (Lipinski definition) is 3. The molecule has 0 radical (unpaired) electrons. The standard InChI is InChI=1S/C18H24BrN3O3/c1-11(2)22(12(3)4)15(23)10-21-16(24)18(5,20-17(21)25)13-7-6-8-14(19)9-13/h6-9,11-12H,10H2,1-5H3,(H,20,25)/t18-/m1/s1. The van der Waals surface area contributed by atoms with Crippen LogP contribution in [-0.2, 0) is 15.1 Å². The van der Waals surface area contributed by atoms with Crippen molar-refractivity contribution in [2.75, 3.05) is 6.54 Å². The van der Waals surface area contributed by atoms with Crippen LogP contribution in [0.4, 0.5) is 4.79 Å². The molecule has 0 aliphatic carbocycles. The predicted octanol–water partition coefficient (Wildman–Crippen LogP) is 2.86. The van der Waals surface area contributed by atoms with Gasteiger partial charge >= 0.3 is 6.03 Å². The van der Waals surface area contributed by atoms with E-state index in [1.165, 1.54) is 0 Å². The highest BCUT2D eigenvalue weighted by molar-refractivity contribution is 9.10. The van der Waals surface area contributed by atoms with Crippen LogP contribution >= 0.6 is 15.9 Å². The average molecular weight is 410 g/mol. The fourth-order valence-corrected chi connectivity index (χ4v) is 3.62. The lowest BCUT2D eigenvalue weighted by Crippen LogP contribution is -2.49. The molecule has 1 aromatic carbocycles. The quantitative estimate of drug-likeness (QED) is 0.759. The average Bonchev–Trinajstić information content (AvgIpc) is 2.71. The van der Waals surface area contributed by atoms with Crippen molar-refractivity contribution in [2.24, 2.45) is 0 Å². The summed E-state index contributed by atoms with van der Waals surface area (Å²) in [6, 6.07) is 6.65. The first-order chi connectivity index (χ1) is 11.6. The van der Waals surface area contributed by atoms with Gasteiger partial charge in [0.1, 0.15) is 12.1 Å². The van der Waals surface area contributed by atoms with E-state index in [1.807, 2.05) is 33.8 Å². The molecular formula is C18H24BrN3O3. The van der Waals surface area contributed by atoms with Crippen LogP contribution in [0.5, 0.6) is 0 Å². The molecule has 7 heteroatoms. The van der Waals surface area contributed by atoms with Crippen molar-refractivity contribution in [3.8, 4) is 0 Å². The number of amides is 4. The molecule has 0 aromatic heterocycles. The van der Waals surface area contributed by atoms with Crippen molar-refractivity contribution in [1.82, 2.24) is 15.1 Å². The number of hydrogen-bond donors (Lipinski definition) is 1. The Bertz CT molecular complexity index is 697. The molecule has 4 amide bonds. The van der Waals surface area contributed by atoms with Crippen LogP contribution in [-0.4, -0.2) is 46.3 Å². The van der Waals surface area contributed by atoms with Crippen LogP contribution in [0.3, 0.4) is 0 Å². The highest BCUT2D eigenvalue weighted by Gasteiger charge is 2.49. The van der Waals surface area contributed by atoms with E-state index < -0.39 is 17.5 Å². The van der Waals surface area contributed by atoms with Crippen LogP contribution in [0.1, 0.15) is 40.2 Å². The van der Waals surface area contributed by atoms with Crippen LogP contribution in [0.15, 0.2) is 28.7 Å². The molecule has 1 aliphatic rings. The van der Waals surface area contributed by atoms with Crippen molar-refractivity contribution in [3.05, 3.63) is 34.3 Å². The molecule has 1 atom stereocenters. The summed E-state index contributed by atoms with van der Waals surface area (Å²) in [5.41, 5.74) is -0.512. The van der Waals surface area contributed by atoms with Gasteiger partial charge in [-0.3, -0.25) is 14.5 Å². The summed E-state index contributed by atoms with van der Waals surface area (Å²) in [6.45, 7) is 9.04. The normalized spacial score (nSPS) is 20.4. The molecule has 6 nitrogen and oxygen atoms in total. The zero-order valence-electron chi connectivity index (χ0n) is 15.2. The summed E-state index contributed by atoms with van der Waals surface area (Å²) in [5, 5.41) is 2.72. The van der Waals surface area contributed by atoms with E-state index in [0.29, 0.717) is 5.56 Å². The number of nitrogens with zero attached hydrogens (tertiary/aromatic N) is 2. The molecule has 25 heavy (non-hydrogen) atoms.